The van der Waals surface area contributed by atoms with Gasteiger partial charge >= 0.3 is 0 Å². The summed E-state index contributed by atoms with van der Waals surface area (Å²) < 4.78 is 0. The van der Waals surface area contributed by atoms with Crippen LogP contribution in [0.1, 0.15) is 29.6 Å². The first-order valence-electron chi connectivity index (χ1n) is 7.33. The van der Waals surface area contributed by atoms with Gasteiger partial charge in [-0.05, 0) is 30.9 Å². The van der Waals surface area contributed by atoms with Gasteiger partial charge in [0.1, 0.15) is 0 Å². The van der Waals surface area contributed by atoms with Gasteiger partial charge in [0.05, 0.1) is 11.1 Å². The average molecular weight is 294 g/mol. The molecule has 1 aromatic carbocycles. The van der Waals surface area contributed by atoms with Crippen molar-refractivity contribution in [2.75, 3.05) is 19.6 Å². The quantitative estimate of drug-likeness (QED) is 0.868. The van der Waals surface area contributed by atoms with E-state index in [4.69, 9.17) is 11.6 Å². The number of hydrogen-bond donors (Lipinski definition) is 1. The van der Waals surface area contributed by atoms with E-state index in [9.17, 15) is 9.90 Å². The van der Waals surface area contributed by atoms with Crippen LogP contribution in [0.3, 0.4) is 0 Å². The molecule has 20 heavy (non-hydrogen) atoms. The fourth-order valence-corrected chi connectivity index (χ4v) is 3.83. The average Bonchev–Trinajstić information content (AvgIpc) is 2.99. The van der Waals surface area contributed by atoms with E-state index in [1.165, 1.54) is 0 Å². The number of halogens is 1. The maximum atomic E-state index is 12.2. The minimum atomic E-state index is -0.135. The molecule has 1 N–H and O–H groups in total. The zero-order valence-corrected chi connectivity index (χ0v) is 12.2. The van der Waals surface area contributed by atoms with E-state index in [0.29, 0.717) is 28.8 Å². The third-order valence-corrected chi connectivity index (χ3v) is 5.05. The van der Waals surface area contributed by atoms with E-state index >= 15 is 0 Å². The van der Waals surface area contributed by atoms with Gasteiger partial charge in [-0.1, -0.05) is 23.7 Å². The molecule has 1 aromatic rings. The number of aliphatic hydroxyl groups excluding tert-OH is 1. The maximum absolute atomic E-state index is 12.2. The Kier molecular flexibility index (Phi) is 4.11. The van der Waals surface area contributed by atoms with Crippen molar-refractivity contribution >= 4 is 17.4 Å². The Labute approximate surface area is 124 Å². The van der Waals surface area contributed by atoms with Crippen molar-refractivity contribution in [3.05, 3.63) is 34.9 Å². The minimum Gasteiger partial charge on any atom is -0.393 e. The van der Waals surface area contributed by atoms with Crippen LogP contribution in [-0.2, 0) is 0 Å². The molecule has 2 fully saturated rings. The van der Waals surface area contributed by atoms with E-state index in [1.807, 2.05) is 12.1 Å². The molecule has 1 heterocycles. The normalized spacial score (nSPS) is 29.6. The van der Waals surface area contributed by atoms with Gasteiger partial charge in [-0.3, -0.25) is 4.79 Å². The molecule has 4 heteroatoms. The Balaban J connectivity index is 1.53. The highest BCUT2D eigenvalue weighted by Gasteiger charge is 2.41. The van der Waals surface area contributed by atoms with Crippen LogP contribution in [0.4, 0.5) is 0 Å². The summed E-state index contributed by atoms with van der Waals surface area (Å²) in [5, 5.41) is 10.4. The summed E-state index contributed by atoms with van der Waals surface area (Å²) in [7, 11) is 0. The molecule has 0 spiro atoms. The fourth-order valence-electron chi connectivity index (χ4n) is 3.59. The summed E-state index contributed by atoms with van der Waals surface area (Å²) in [4.78, 5) is 14.5. The van der Waals surface area contributed by atoms with Crippen molar-refractivity contribution in [3.8, 4) is 0 Å². The topological polar surface area (TPSA) is 40.5 Å². The zero-order valence-electron chi connectivity index (χ0n) is 11.5. The first-order chi connectivity index (χ1) is 9.65. The second kappa shape index (κ2) is 5.84. The second-order valence-corrected chi connectivity index (χ2v) is 6.39. The van der Waals surface area contributed by atoms with Gasteiger partial charge in [0.2, 0.25) is 0 Å². The number of fused-ring (bicyclic) bond motifs is 1. The van der Waals surface area contributed by atoms with Crippen molar-refractivity contribution in [2.24, 2.45) is 11.8 Å². The highest BCUT2D eigenvalue weighted by Crippen LogP contribution is 2.38. The molecule has 3 rings (SSSR count). The number of Topliss-reactive ketones (excluding diaryl/α,β-unsaturated/α-hetero) is 1. The molecular formula is C16H20ClNO2. The Bertz CT molecular complexity index is 505. The van der Waals surface area contributed by atoms with E-state index < -0.39 is 0 Å². The predicted octanol–water partition coefficient (Wildman–Crippen LogP) is 2.62. The SMILES string of the molecule is O=C(CCN1CC2CCC(O)C2C1)c1ccccc1Cl. The molecule has 3 nitrogen and oxygen atoms in total. The van der Waals surface area contributed by atoms with Gasteiger partial charge < -0.3 is 10.0 Å². The maximum Gasteiger partial charge on any atom is 0.165 e. The lowest BCUT2D eigenvalue weighted by molar-refractivity contribution is 0.0961. The third-order valence-electron chi connectivity index (χ3n) is 4.72. The number of benzene rings is 1. The summed E-state index contributed by atoms with van der Waals surface area (Å²) >= 11 is 6.04. The Morgan fingerprint density at radius 2 is 2.10 bits per heavy atom. The second-order valence-electron chi connectivity index (χ2n) is 5.98. The first kappa shape index (κ1) is 14.1. The number of nitrogens with zero attached hydrogens (tertiary/aromatic N) is 1. The monoisotopic (exact) mass is 293 g/mol. The van der Waals surface area contributed by atoms with Crippen molar-refractivity contribution < 1.29 is 9.90 Å². The smallest absolute Gasteiger partial charge is 0.165 e. The van der Waals surface area contributed by atoms with Crippen molar-refractivity contribution in [1.82, 2.24) is 4.90 Å². The lowest BCUT2D eigenvalue weighted by atomic mass is 10.00. The number of likely N-dealkylation sites (tertiary alicyclic amines) is 1. The van der Waals surface area contributed by atoms with Gasteiger partial charge in [0, 0.05) is 37.5 Å². The molecule has 1 saturated heterocycles. The Morgan fingerprint density at radius 1 is 1.30 bits per heavy atom. The van der Waals surface area contributed by atoms with Crippen LogP contribution < -0.4 is 0 Å². The molecule has 0 amide bonds. The standard InChI is InChI=1S/C16H20ClNO2/c17-14-4-2-1-3-12(14)16(20)7-8-18-9-11-5-6-15(19)13(11)10-18/h1-4,11,13,15,19H,5-10H2. The molecule has 2 aliphatic rings. The Hall–Kier alpha value is -0.900. The van der Waals surface area contributed by atoms with Crippen LogP contribution >= 0.6 is 11.6 Å². The van der Waals surface area contributed by atoms with E-state index in [1.54, 1.807) is 12.1 Å². The molecule has 0 bridgehead atoms. The van der Waals surface area contributed by atoms with Crippen molar-refractivity contribution in [3.63, 3.8) is 0 Å². The van der Waals surface area contributed by atoms with Gasteiger partial charge in [-0.2, -0.15) is 0 Å². The van der Waals surface area contributed by atoms with Crippen LogP contribution in [0, 0.1) is 11.8 Å². The molecule has 0 aromatic heterocycles. The lowest BCUT2D eigenvalue weighted by Gasteiger charge is -2.17. The molecule has 1 aliphatic heterocycles. The lowest BCUT2D eigenvalue weighted by Crippen LogP contribution is -2.27. The van der Waals surface area contributed by atoms with Gasteiger partial charge in [-0.25, -0.2) is 0 Å². The number of rotatable bonds is 4. The fraction of sp³-hybridized carbons (Fsp3) is 0.562. The summed E-state index contributed by atoms with van der Waals surface area (Å²) in [6, 6.07) is 7.22. The summed E-state index contributed by atoms with van der Waals surface area (Å²) in [5.74, 6) is 1.15. The summed E-state index contributed by atoms with van der Waals surface area (Å²) in [5.41, 5.74) is 0.619. The number of hydrogen-bond acceptors (Lipinski definition) is 3. The first-order valence-corrected chi connectivity index (χ1v) is 7.71. The van der Waals surface area contributed by atoms with Crippen LogP contribution in [0.5, 0.6) is 0 Å². The van der Waals surface area contributed by atoms with Crippen LogP contribution in [0.25, 0.3) is 0 Å². The predicted molar refractivity (Wildman–Crippen MR) is 79.1 cm³/mol. The van der Waals surface area contributed by atoms with E-state index in [2.05, 4.69) is 4.90 Å². The molecule has 0 radical (unpaired) electrons. The number of carbonyl (C=O) groups is 1. The summed E-state index contributed by atoms with van der Waals surface area (Å²) in [6.45, 7) is 2.73. The van der Waals surface area contributed by atoms with Crippen molar-refractivity contribution in [1.29, 1.82) is 0 Å². The molecular weight excluding hydrogens is 274 g/mol. The number of ketones is 1. The van der Waals surface area contributed by atoms with E-state index in [-0.39, 0.29) is 11.9 Å². The zero-order chi connectivity index (χ0) is 14.1. The largest absolute Gasteiger partial charge is 0.393 e. The molecule has 1 saturated carbocycles. The van der Waals surface area contributed by atoms with Crippen LogP contribution in [0.15, 0.2) is 24.3 Å². The summed E-state index contributed by atoms with van der Waals surface area (Å²) in [6.07, 6.45) is 2.44. The van der Waals surface area contributed by atoms with Gasteiger partial charge in [0.25, 0.3) is 0 Å². The molecule has 108 valence electrons. The number of aliphatic hydroxyl groups is 1. The molecule has 3 atom stereocenters. The Morgan fingerprint density at radius 3 is 2.85 bits per heavy atom. The molecule has 3 unspecified atom stereocenters. The minimum absolute atomic E-state index is 0.105. The van der Waals surface area contributed by atoms with Gasteiger partial charge in [0.15, 0.2) is 5.78 Å². The third kappa shape index (κ3) is 2.76. The van der Waals surface area contributed by atoms with Crippen LogP contribution in [0.2, 0.25) is 5.02 Å². The van der Waals surface area contributed by atoms with Crippen molar-refractivity contribution in [2.45, 2.75) is 25.4 Å². The highest BCUT2D eigenvalue weighted by atomic mass is 35.5. The van der Waals surface area contributed by atoms with E-state index in [0.717, 1.165) is 32.5 Å². The van der Waals surface area contributed by atoms with Crippen LogP contribution in [-0.4, -0.2) is 41.5 Å². The highest BCUT2D eigenvalue weighted by molar-refractivity contribution is 6.33. The number of carbonyl (C=O) groups excluding carboxylic acids is 1. The van der Waals surface area contributed by atoms with Gasteiger partial charge in [-0.15, -0.1) is 0 Å². The molecule has 1 aliphatic carbocycles.